The molecule has 0 saturated carbocycles. The normalized spacial score (nSPS) is 10.7. The van der Waals surface area contributed by atoms with Crippen LogP contribution in [0.4, 0.5) is 5.82 Å². The largest absolute Gasteiger partial charge is 0.437 e. The number of fused-ring (bicyclic) bond motifs is 1. The fraction of sp³-hybridized carbons (Fsp3) is 0.188. The third-order valence-corrected chi connectivity index (χ3v) is 3.03. The first kappa shape index (κ1) is 13.3. The summed E-state index contributed by atoms with van der Waals surface area (Å²) in [6, 6.07) is 11.4. The second kappa shape index (κ2) is 5.75. The molecule has 5 heteroatoms. The Morgan fingerprint density at radius 2 is 2.00 bits per heavy atom. The van der Waals surface area contributed by atoms with E-state index in [9.17, 15) is 0 Å². The van der Waals surface area contributed by atoms with E-state index >= 15 is 0 Å². The van der Waals surface area contributed by atoms with Crippen molar-refractivity contribution in [3.63, 3.8) is 0 Å². The SMILES string of the molecule is CCCc1nc(N)cc(Oc2cnc3ccccc3c2)n1. The second-order valence-corrected chi connectivity index (χ2v) is 4.76. The summed E-state index contributed by atoms with van der Waals surface area (Å²) in [6.45, 7) is 2.07. The molecule has 2 aromatic heterocycles. The molecule has 0 fully saturated rings. The molecule has 0 saturated heterocycles. The van der Waals surface area contributed by atoms with Crippen molar-refractivity contribution in [2.75, 3.05) is 5.73 Å². The number of rotatable bonds is 4. The Kier molecular flexibility index (Phi) is 3.64. The first-order chi connectivity index (χ1) is 10.2. The Labute approximate surface area is 122 Å². The van der Waals surface area contributed by atoms with Gasteiger partial charge in [-0.15, -0.1) is 0 Å². The summed E-state index contributed by atoms with van der Waals surface area (Å²) in [4.78, 5) is 12.9. The number of hydrogen-bond donors (Lipinski definition) is 1. The predicted molar refractivity (Wildman–Crippen MR) is 82.3 cm³/mol. The van der Waals surface area contributed by atoms with Gasteiger partial charge in [0.25, 0.3) is 0 Å². The van der Waals surface area contributed by atoms with Crippen molar-refractivity contribution < 1.29 is 4.74 Å². The smallest absolute Gasteiger partial charge is 0.224 e. The quantitative estimate of drug-likeness (QED) is 0.793. The highest BCUT2D eigenvalue weighted by atomic mass is 16.5. The van der Waals surface area contributed by atoms with Crippen LogP contribution in [0.1, 0.15) is 19.2 Å². The number of nitrogens with zero attached hydrogens (tertiary/aromatic N) is 3. The topological polar surface area (TPSA) is 73.9 Å². The van der Waals surface area contributed by atoms with Crippen molar-refractivity contribution in [3.8, 4) is 11.6 Å². The predicted octanol–water partition coefficient (Wildman–Crippen LogP) is 3.35. The lowest BCUT2D eigenvalue weighted by Gasteiger charge is -2.07. The van der Waals surface area contributed by atoms with E-state index in [4.69, 9.17) is 10.5 Å². The van der Waals surface area contributed by atoms with Gasteiger partial charge >= 0.3 is 0 Å². The van der Waals surface area contributed by atoms with E-state index in [-0.39, 0.29) is 0 Å². The van der Waals surface area contributed by atoms with Gasteiger partial charge < -0.3 is 10.5 Å². The van der Waals surface area contributed by atoms with Crippen molar-refractivity contribution in [2.45, 2.75) is 19.8 Å². The Morgan fingerprint density at radius 3 is 2.86 bits per heavy atom. The second-order valence-electron chi connectivity index (χ2n) is 4.76. The summed E-state index contributed by atoms with van der Waals surface area (Å²) in [7, 11) is 0. The van der Waals surface area contributed by atoms with Crippen LogP contribution in [0.25, 0.3) is 10.9 Å². The Bertz CT molecular complexity index is 773. The van der Waals surface area contributed by atoms with Gasteiger partial charge in [-0.25, -0.2) is 4.98 Å². The monoisotopic (exact) mass is 280 g/mol. The number of aryl methyl sites for hydroxylation is 1. The van der Waals surface area contributed by atoms with Gasteiger partial charge in [0.05, 0.1) is 11.7 Å². The zero-order valence-corrected chi connectivity index (χ0v) is 11.8. The Hall–Kier alpha value is -2.69. The molecule has 2 heterocycles. The highest BCUT2D eigenvalue weighted by Crippen LogP contribution is 2.23. The lowest BCUT2D eigenvalue weighted by Crippen LogP contribution is -2.01. The van der Waals surface area contributed by atoms with Gasteiger partial charge in [-0.3, -0.25) is 4.98 Å². The molecule has 0 aliphatic heterocycles. The number of nitrogen functional groups attached to an aromatic ring is 1. The van der Waals surface area contributed by atoms with Gasteiger partial charge in [0.2, 0.25) is 5.88 Å². The minimum atomic E-state index is 0.414. The summed E-state index contributed by atoms with van der Waals surface area (Å²) in [5.41, 5.74) is 6.72. The van der Waals surface area contributed by atoms with Crippen LogP contribution in [-0.2, 0) is 6.42 Å². The fourth-order valence-electron chi connectivity index (χ4n) is 2.11. The molecule has 0 aliphatic carbocycles. The molecule has 1 aromatic carbocycles. The van der Waals surface area contributed by atoms with E-state index in [1.165, 1.54) is 0 Å². The average Bonchev–Trinajstić information content (AvgIpc) is 2.47. The van der Waals surface area contributed by atoms with Crippen LogP contribution in [0.15, 0.2) is 42.6 Å². The lowest BCUT2D eigenvalue weighted by molar-refractivity contribution is 0.457. The van der Waals surface area contributed by atoms with E-state index in [1.807, 2.05) is 30.3 Å². The molecule has 0 aliphatic rings. The number of nitrogens with two attached hydrogens (primary N) is 1. The molecular formula is C16H16N4O. The number of para-hydroxylation sites is 1. The van der Waals surface area contributed by atoms with Crippen molar-refractivity contribution >= 4 is 16.7 Å². The summed E-state index contributed by atoms with van der Waals surface area (Å²) in [5, 5.41) is 1.02. The standard InChI is InChI=1S/C16H16N4O/c1-2-5-15-19-14(17)9-16(20-15)21-12-8-11-6-3-4-7-13(11)18-10-12/h3-4,6-10H,2,5H2,1H3,(H2,17,19,20). The molecule has 3 aromatic rings. The third kappa shape index (κ3) is 3.08. The Balaban J connectivity index is 1.90. The number of pyridine rings is 1. The van der Waals surface area contributed by atoms with Crippen LogP contribution in [-0.4, -0.2) is 15.0 Å². The van der Waals surface area contributed by atoms with Crippen LogP contribution < -0.4 is 10.5 Å². The number of anilines is 1. The maximum atomic E-state index is 5.79. The molecule has 3 rings (SSSR count). The van der Waals surface area contributed by atoms with Gasteiger partial charge in [-0.05, 0) is 18.6 Å². The first-order valence-electron chi connectivity index (χ1n) is 6.90. The van der Waals surface area contributed by atoms with Crippen molar-refractivity contribution in [1.82, 2.24) is 15.0 Å². The van der Waals surface area contributed by atoms with Gasteiger partial charge in [-0.2, -0.15) is 4.98 Å². The number of benzene rings is 1. The lowest BCUT2D eigenvalue weighted by atomic mass is 10.2. The number of ether oxygens (including phenoxy) is 1. The molecule has 2 N–H and O–H groups in total. The average molecular weight is 280 g/mol. The highest BCUT2D eigenvalue weighted by molar-refractivity contribution is 5.79. The van der Waals surface area contributed by atoms with Crippen LogP contribution in [0, 0.1) is 0 Å². The summed E-state index contributed by atoms with van der Waals surface area (Å²) in [5.74, 6) is 2.19. The first-order valence-corrected chi connectivity index (χ1v) is 6.90. The molecule has 0 atom stereocenters. The van der Waals surface area contributed by atoms with Crippen molar-refractivity contribution in [1.29, 1.82) is 0 Å². The van der Waals surface area contributed by atoms with E-state index in [0.29, 0.717) is 23.3 Å². The molecule has 5 nitrogen and oxygen atoms in total. The molecular weight excluding hydrogens is 264 g/mol. The van der Waals surface area contributed by atoms with E-state index < -0.39 is 0 Å². The zero-order valence-electron chi connectivity index (χ0n) is 11.8. The van der Waals surface area contributed by atoms with E-state index in [2.05, 4.69) is 21.9 Å². The van der Waals surface area contributed by atoms with Crippen LogP contribution in [0.2, 0.25) is 0 Å². The number of aromatic nitrogens is 3. The van der Waals surface area contributed by atoms with Crippen LogP contribution in [0.3, 0.4) is 0 Å². The Morgan fingerprint density at radius 1 is 1.14 bits per heavy atom. The van der Waals surface area contributed by atoms with E-state index in [1.54, 1.807) is 12.3 Å². The molecule has 106 valence electrons. The molecule has 0 unspecified atom stereocenters. The third-order valence-electron chi connectivity index (χ3n) is 3.03. The fourth-order valence-corrected chi connectivity index (χ4v) is 2.11. The van der Waals surface area contributed by atoms with Crippen molar-refractivity contribution in [2.24, 2.45) is 0 Å². The molecule has 21 heavy (non-hydrogen) atoms. The molecule has 0 bridgehead atoms. The van der Waals surface area contributed by atoms with Gasteiger partial charge in [0, 0.05) is 17.9 Å². The maximum Gasteiger partial charge on any atom is 0.224 e. The summed E-state index contributed by atoms with van der Waals surface area (Å²) >= 11 is 0. The zero-order chi connectivity index (χ0) is 14.7. The van der Waals surface area contributed by atoms with Gasteiger partial charge in [0.15, 0.2) is 0 Å². The molecule has 0 radical (unpaired) electrons. The maximum absolute atomic E-state index is 5.79. The van der Waals surface area contributed by atoms with Crippen LogP contribution >= 0.6 is 0 Å². The molecule has 0 spiro atoms. The van der Waals surface area contributed by atoms with Crippen molar-refractivity contribution in [3.05, 3.63) is 48.4 Å². The minimum Gasteiger partial charge on any atom is -0.437 e. The van der Waals surface area contributed by atoms with Gasteiger partial charge in [0.1, 0.15) is 17.4 Å². The minimum absolute atomic E-state index is 0.414. The summed E-state index contributed by atoms with van der Waals surface area (Å²) in [6.07, 6.45) is 3.41. The van der Waals surface area contributed by atoms with Gasteiger partial charge in [-0.1, -0.05) is 25.1 Å². The number of hydrogen-bond acceptors (Lipinski definition) is 5. The van der Waals surface area contributed by atoms with Crippen LogP contribution in [0.5, 0.6) is 11.6 Å². The summed E-state index contributed by atoms with van der Waals surface area (Å²) < 4.78 is 5.76. The highest BCUT2D eigenvalue weighted by Gasteiger charge is 2.05. The molecule has 0 amide bonds. The van der Waals surface area contributed by atoms with E-state index in [0.717, 1.165) is 23.7 Å².